The van der Waals surface area contributed by atoms with E-state index >= 15 is 0 Å². The Morgan fingerprint density at radius 2 is 2.08 bits per heavy atom. The molecule has 0 unspecified atom stereocenters. The average molecular weight is 330 g/mol. The predicted molar refractivity (Wildman–Crippen MR) is 96.5 cm³/mol. The minimum Gasteiger partial charge on any atom is -0.385 e. The summed E-state index contributed by atoms with van der Waals surface area (Å²) in [6.07, 6.45) is 1.54. The predicted octanol–water partition coefficient (Wildman–Crippen LogP) is 2.74. The van der Waals surface area contributed by atoms with Crippen molar-refractivity contribution >= 4 is 16.8 Å². The lowest BCUT2D eigenvalue weighted by Gasteiger charge is -2.08. The van der Waals surface area contributed by atoms with Gasteiger partial charge in [0.2, 0.25) is 5.91 Å². The van der Waals surface area contributed by atoms with Crippen molar-refractivity contribution in [2.24, 2.45) is 0 Å². The minimum atomic E-state index is -0.119. The molecule has 24 heavy (non-hydrogen) atoms. The van der Waals surface area contributed by atoms with Gasteiger partial charge < -0.3 is 15.0 Å². The van der Waals surface area contributed by atoms with Crippen LogP contribution < -0.4 is 10.9 Å². The summed E-state index contributed by atoms with van der Waals surface area (Å²) in [4.78, 5) is 26.9. The molecule has 5 nitrogen and oxygen atoms in total. The van der Waals surface area contributed by atoms with Crippen molar-refractivity contribution in [3.05, 3.63) is 45.7 Å². The summed E-state index contributed by atoms with van der Waals surface area (Å²) >= 11 is 0. The van der Waals surface area contributed by atoms with Gasteiger partial charge in [-0.15, -0.1) is 0 Å². The number of rotatable bonds is 8. The second-order valence-corrected chi connectivity index (χ2v) is 6.32. The molecule has 1 heterocycles. The molecule has 1 aromatic carbocycles. The number of H-pyrrole nitrogens is 1. The molecule has 5 heteroatoms. The lowest BCUT2D eigenvalue weighted by atomic mass is 10.00. The van der Waals surface area contributed by atoms with Crippen molar-refractivity contribution in [2.45, 2.75) is 39.0 Å². The molecule has 2 rings (SSSR count). The van der Waals surface area contributed by atoms with E-state index in [1.807, 2.05) is 18.2 Å². The molecule has 0 saturated carbocycles. The molecule has 130 valence electrons. The fraction of sp³-hybridized carbons (Fsp3) is 0.474. The summed E-state index contributed by atoms with van der Waals surface area (Å²) in [7, 11) is 1.64. The van der Waals surface area contributed by atoms with Crippen molar-refractivity contribution in [3.8, 4) is 0 Å². The van der Waals surface area contributed by atoms with Crippen molar-refractivity contribution in [2.75, 3.05) is 20.3 Å². The second kappa shape index (κ2) is 8.64. The topological polar surface area (TPSA) is 71.2 Å². The molecule has 0 bridgehead atoms. The Morgan fingerprint density at radius 1 is 1.29 bits per heavy atom. The fourth-order valence-electron chi connectivity index (χ4n) is 2.60. The van der Waals surface area contributed by atoms with Gasteiger partial charge in [0.1, 0.15) is 0 Å². The summed E-state index contributed by atoms with van der Waals surface area (Å²) in [5.74, 6) is 0.393. The number of hydrogen-bond donors (Lipinski definition) is 2. The molecule has 2 aromatic rings. The molecular formula is C19H26N2O3. The highest BCUT2D eigenvalue weighted by Gasteiger charge is 2.08. The van der Waals surface area contributed by atoms with Gasteiger partial charge in [-0.3, -0.25) is 9.59 Å². The Kier molecular flexibility index (Phi) is 6.55. The quantitative estimate of drug-likeness (QED) is 0.731. The summed E-state index contributed by atoms with van der Waals surface area (Å²) in [6, 6.07) is 7.98. The van der Waals surface area contributed by atoms with Gasteiger partial charge in [-0.1, -0.05) is 19.9 Å². The molecule has 0 aliphatic heterocycles. The summed E-state index contributed by atoms with van der Waals surface area (Å²) in [6.45, 7) is 5.50. The second-order valence-electron chi connectivity index (χ2n) is 6.32. The van der Waals surface area contributed by atoms with E-state index < -0.39 is 0 Å². The van der Waals surface area contributed by atoms with Crippen LogP contribution in [0.1, 0.15) is 43.7 Å². The number of ether oxygens (including phenoxy) is 1. The molecule has 0 atom stereocenters. The number of amides is 1. The maximum absolute atomic E-state index is 12.2. The zero-order chi connectivity index (χ0) is 17.5. The summed E-state index contributed by atoms with van der Waals surface area (Å²) in [5, 5.41) is 3.85. The van der Waals surface area contributed by atoms with Crippen LogP contribution in [0, 0.1) is 0 Å². The zero-order valence-electron chi connectivity index (χ0n) is 14.6. The molecule has 0 spiro atoms. The normalized spacial score (nSPS) is 11.2. The van der Waals surface area contributed by atoms with Gasteiger partial charge in [-0.2, -0.15) is 0 Å². The summed E-state index contributed by atoms with van der Waals surface area (Å²) in [5.41, 5.74) is 2.59. The smallest absolute Gasteiger partial charge is 0.251 e. The maximum Gasteiger partial charge on any atom is 0.251 e. The van der Waals surface area contributed by atoms with Crippen LogP contribution in [0.25, 0.3) is 10.9 Å². The third-order valence-electron chi connectivity index (χ3n) is 4.08. The molecule has 0 fully saturated rings. The van der Waals surface area contributed by atoms with Crippen LogP contribution in [0.3, 0.4) is 0 Å². The van der Waals surface area contributed by atoms with Gasteiger partial charge in [0.25, 0.3) is 5.56 Å². The van der Waals surface area contributed by atoms with Gasteiger partial charge in [-0.05, 0) is 47.9 Å². The van der Waals surface area contributed by atoms with Gasteiger partial charge >= 0.3 is 0 Å². The highest BCUT2D eigenvalue weighted by atomic mass is 16.5. The first-order chi connectivity index (χ1) is 11.5. The number of carbonyl (C=O) groups is 1. The Balaban J connectivity index is 2.04. The third-order valence-corrected chi connectivity index (χ3v) is 4.08. The Hall–Kier alpha value is -2.14. The van der Waals surface area contributed by atoms with E-state index in [2.05, 4.69) is 30.2 Å². The van der Waals surface area contributed by atoms with Gasteiger partial charge in [0, 0.05) is 37.8 Å². The Morgan fingerprint density at radius 3 is 2.79 bits per heavy atom. The average Bonchev–Trinajstić information content (AvgIpc) is 2.56. The monoisotopic (exact) mass is 330 g/mol. The molecule has 0 saturated heterocycles. The first-order valence-electron chi connectivity index (χ1n) is 8.42. The number of methoxy groups -OCH3 is 1. The number of nitrogens with one attached hydrogen (secondary N) is 2. The molecule has 1 amide bonds. The number of carbonyl (C=O) groups excluding carboxylic acids is 1. The lowest BCUT2D eigenvalue weighted by Crippen LogP contribution is -2.26. The van der Waals surface area contributed by atoms with Crippen molar-refractivity contribution in [3.63, 3.8) is 0 Å². The van der Waals surface area contributed by atoms with Crippen molar-refractivity contribution in [1.29, 1.82) is 0 Å². The van der Waals surface area contributed by atoms with Crippen LogP contribution in [0.4, 0.5) is 0 Å². The number of aromatic amines is 1. The first kappa shape index (κ1) is 18.2. The largest absolute Gasteiger partial charge is 0.385 e. The minimum absolute atomic E-state index is 0.0402. The van der Waals surface area contributed by atoms with E-state index in [1.54, 1.807) is 7.11 Å². The number of pyridine rings is 1. The number of aromatic nitrogens is 1. The van der Waals surface area contributed by atoms with Crippen LogP contribution in [-0.2, 0) is 16.0 Å². The maximum atomic E-state index is 12.2. The molecule has 1 aromatic heterocycles. The van der Waals surface area contributed by atoms with Gasteiger partial charge in [0.15, 0.2) is 0 Å². The lowest BCUT2D eigenvalue weighted by molar-refractivity contribution is -0.121. The van der Waals surface area contributed by atoms with Crippen molar-refractivity contribution in [1.82, 2.24) is 10.3 Å². The fourth-order valence-corrected chi connectivity index (χ4v) is 2.60. The van der Waals surface area contributed by atoms with Gasteiger partial charge in [-0.25, -0.2) is 0 Å². The Bertz CT molecular complexity index is 750. The molecule has 0 aliphatic rings. The van der Waals surface area contributed by atoms with E-state index in [0.717, 1.165) is 17.3 Å². The molecular weight excluding hydrogens is 304 g/mol. The van der Waals surface area contributed by atoms with Gasteiger partial charge in [0.05, 0.1) is 0 Å². The number of hydrogen-bond acceptors (Lipinski definition) is 3. The van der Waals surface area contributed by atoms with E-state index in [0.29, 0.717) is 37.5 Å². The van der Waals surface area contributed by atoms with Crippen LogP contribution >= 0.6 is 0 Å². The van der Waals surface area contributed by atoms with Crippen LogP contribution in [0.15, 0.2) is 29.1 Å². The highest BCUT2D eigenvalue weighted by molar-refractivity contribution is 5.80. The number of benzene rings is 1. The molecule has 0 radical (unpaired) electrons. The molecule has 2 N–H and O–H groups in total. The van der Waals surface area contributed by atoms with E-state index in [9.17, 15) is 9.59 Å². The number of fused-ring (bicyclic) bond motifs is 1. The van der Waals surface area contributed by atoms with Crippen molar-refractivity contribution < 1.29 is 9.53 Å². The van der Waals surface area contributed by atoms with E-state index in [4.69, 9.17) is 4.74 Å². The summed E-state index contributed by atoms with van der Waals surface area (Å²) < 4.78 is 4.94. The standard InChI is InChI=1S/C19H26N2O3/c1-13(2)14-5-7-17-16(11-14)12-15(19(23)21-17)6-8-18(22)20-9-4-10-24-3/h5,7,11-13H,4,6,8-10H2,1-3H3,(H,20,22)(H,21,23). The SMILES string of the molecule is COCCCNC(=O)CCc1cc2cc(C(C)C)ccc2[nH]c1=O. The third kappa shape index (κ3) is 4.93. The Labute approximate surface area is 142 Å². The van der Waals surface area contributed by atoms with Crippen LogP contribution in [0.2, 0.25) is 0 Å². The zero-order valence-corrected chi connectivity index (χ0v) is 14.6. The first-order valence-corrected chi connectivity index (χ1v) is 8.42. The molecule has 0 aliphatic carbocycles. The van der Waals surface area contributed by atoms with E-state index in [1.165, 1.54) is 5.56 Å². The number of aryl methyl sites for hydroxylation is 1. The van der Waals surface area contributed by atoms with E-state index in [-0.39, 0.29) is 11.5 Å². The van der Waals surface area contributed by atoms with Crippen LogP contribution in [-0.4, -0.2) is 31.2 Å². The van der Waals surface area contributed by atoms with Crippen LogP contribution in [0.5, 0.6) is 0 Å². The highest BCUT2D eigenvalue weighted by Crippen LogP contribution is 2.20.